The van der Waals surface area contributed by atoms with Gasteiger partial charge in [-0.2, -0.15) is 0 Å². The van der Waals surface area contributed by atoms with Crippen molar-refractivity contribution >= 4 is 75.8 Å². The Balaban J connectivity index is -0.000000116. The predicted molar refractivity (Wildman–Crippen MR) is 111 cm³/mol. The summed E-state index contributed by atoms with van der Waals surface area (Å²) in [4.78, 5) is 0. The van der Waals surface area contributed by atoms with Crippen LogP contribution in [0.3, 0.4) is 0 Å². The van der Waals surface area contributed by atoms with Gasteiger partial charge in [-0.3, -0.25) is 0 Å². The molecule has 0 aliphatic heterocycles. The summed E-state index contributed by atoms with van der Waals surface area (Å²) >= 11 is 0.916. The molecule has 0 aromatic rings. The molecule has 0 N–H and O–H groups in total. The van der Waals surface area contributed by atoms with Crippen molar-refractivity contribution in [3.05, 3.63) is 0 Å². The van der Waals surface area contributed by atoms with Crippen molar-refractivity contribution in [3.8, 4) is 0 Å². The molecule has 20 heavy (non-hydrogen) atoms. The van der Waals surface area contributed by atoms with Gasteiger partial charge in [-0.25, -0.2) is 0 Å². The van der Waals surface area contributed by atoms with E-state index in [1.165, 1.54) is 51.4 Å². The minimum absolute atomic E-state index is 0. The fourth-order valence-corrected chi connectivity index (χ4v) is 7.98. The van der Waals surface area contributed by atoms with Gasteiger partial charge in [-0.05, 0) is 0 Å². The average Bonchev–Trinajstić information content (AvgIpc) is 2.39. The van der Waals surface area contributed by atoms with Crippen LogP contribution in [0.2, 0.25) is 17.9 Å². The van der Waals surface area contributed by atoms with Gasteiger partial charge in [0.1, 0.15) is 0 Å². The van der Waals surface area contributed by atoms with Crippen LogP contribution in [0.1, 0.15) is 79.1 Å². The van der Waals surface area contributed by atoms with Crippen LogP contribution < -0.4 is 0 Å². The second-order valence-electron chi connectivity index (χ2n) is 4.64. The zero-order chi connectivity index (χ0) is 13.9. The Kier molecular flexibility index (Phi) is 50.5. The molecular formula is C16H38Br2Te2. The maximum atomic E-state index is 2.28. The zero-order valence-corrected chi connectivity index (χ0v) is 22.2. The summed E-state index contributed by atoms with van der Waals surface area (Å²) in [5.41, 5.74) is 0. The van der Waals surface area contributed by atoms with Crippen molar-refractivity contribution in [1.29, 1.82) is 0 Å². The fourth-order valence-electron chi connectivity index (χ4n) is 1.19. The molecule has 0 aliphatic rings. The minimum atomic E-state index is 0. The van der Waals surface area contributed by atoms with Gasteiger partial charge < -0.3 is 0 Å². The number of hydrogen-bond acceptors (Lipinski definition) is 0. The Labute approximate surface area is 171 Å². The van der Waals surface area contributed by atoms with Gasteiger partial charge in [0, 0.05) is 0 Å². The van der Waals surface area contributed by atoms with Gasteiger partial charge in [0.15, 0.2) is 0 Å². The van der Waals surface area contributed by atoms with E-state index in [0.717, 1.165) is 0 Å². The quantitative estimate of drug-likeness (QED) is 0.153. The first kappa shape index (κ1) is 30.4. The summed E-state index contributed by atoms with van der Waals surface area (Å²) in [6, 6.07) is 0. The van der Waals surface area contributed by atoms with Gasteiger partial charge in [0.05, 0.1) is 0 Å². The molecule has 0 radical (unpaired) electrons. The molecule has 0 saturated heterocycles. The van der Waals surface area contributed by atoms with Crippen LogP contribution in [-0.2, 0) is 0 Å². The van der Waals surface area contributed by atoms with Crippen LogP contribution in [0.5, 0.6) is 0 Å². The number of rotatable bonds is 12. The Morgan fingerprint density at radius 1 is 0.450 bits per heavy atom. The molecule has 0 aliphatic carbocycles. The summed E-state index contributed by atoms with van der Waals surface area (Å²) in [6.45, 7) is 9.14. The van der Waals surface area contributed by atoms with E-state index in [-0.39, 0.29) is 34.0 Å². The molecule has 4 heteroatoms. The first-order valence-electron chi connectivity index (χ1n) is 7.98. The summed E-state index contributed by atoms with van der Waals surface area (Å²) in [5.74, 6) is 0. The second-order valence-corrected chi connectivity index (χ2v) is 11.6. The molecule has 128 valence electrons. The van der Waals surface area contributed by atoms with Gasteiger partial charge in [-0.15, -0.1) is 34.0 Å². The molecule has 0 atom stereocenters. The van der Waals surface area contributed by atoms with Crippen molar-refractivity contribution in [2.75, 3.05) is 0 Å². The topological polar surface area (TPSA) is 0 Å². The van der Waals surface area contributed by atoms with Crippen molar-refractivity contribution in [3.63, 3.8) is 0 Å². The Hall–Kier alpha value is 2.54. The first-order valence-corrected chi connectivity index (χ1v) is 14.6. The SMILES string of the molecule is Br.Br.CCCC[Te]CCCC.CCCC[Te]CCCC. The van der Waals surface area contributed by atoms with E-state index < -0.39 is 0 Å². The molecule has 0 nitrogen and oxygen atoms in total. The molecule has 0 rings (SSSR count). The predicted octanol–water partition coefficient (Wildman–Crippen LogP) is 7.41. The van der Waals surface area contributed by atoms with Crippen LogP contribution in [0.15, 0.2) is 0 Å². The summed E-state index contributed by atoms with van der Waals surface area (Å²) < 4.78 is 6.34. The third-order valence-electron chi connectivity index (χ3n) is 2.57. The standard InChI is InChI=1S/2C8H18Te.2BrH/c2*1-3-5-7-9-8-6-4-2;;/h2*3-8H2,1-2H3;2*1H. The van der Waals surface area contributed by atoms with Crippen LogP contribution in [-0.4, -0.2) is 41.8 Å². The van der Waals surface area contributed by atoms with Gasteiger partial charge in [0.25, 0.3) is 0 Å². The molecule has 0 amide bonds. The fraction of sp³-hybridized carbons (Fsp3) is 1.00. The maximum absolute atomic E-state index is 2.28. The Morgan fingerprint density at radius 3 is 0.800 bits per heavy atom. The molecule has 0 saturated carbocycles. The molecule has 0 heterocycles. The van der Waals surface area contributed by atoms with Crippen LogP contribution >= 0.6 is 34.0 Å². The van der Waals surface area contributed by atoms with Crippen molar-refractivity contribution in [2.45, 2.75) is 96.9 Å². The summed E-state index contributed by atoms with van der Waals surface area (Å²) in [6.07, 6.45) is 11.6. The second kappa shape index (κ2) is 33.2. The number of hydrogen-bond donors (Lipinski definition) is 0. The van der Waals surface area contributed by atoms with Crippen LogP contribution in [0, 0.1) is 0 Å². The summed E-state index contributed by atoms with van der Waals surface area (Å²) in [5, 5.41) is 0. The van der Waals surface area contributed by atoms with E-state index in [2.05, 4.69) is 27.7 Å². The van der Waals surface area contributed by atoms with E-state index in [1.54, 1.807) is 17.9 Å². The third kappa shape index (κ3) is 37.1. The molecule has 0 fully saturated rings. The average molecular weight is 645 g/mol. The van der Waals surface area contributed by atoms with Crippen molar-refractivity contribution in [2.24, 2.45) is 0 Å². The van der Waals surface area contributed by atoms with Crippen LogP contribution in [0.25, 0.3) is 0 Å². The number of halogens is 2. The molecule has 0 bridgehead atoms. The van der Waals surface area contributed by atoms with E-state index in [0.29, 0.717) is 41.8 Å². The van der Waals surface area contributed by atoms with Crippen molar-refractivity contribution in [1.82, 2.24) is 0 Å². The van der Waals surface area contributed by atoms with Crippen molar-refractivity contribution < 1.29 is 0 Å². The normalized spacial score (nSPS) is 9.00. The molecular weight excluding hydrogens is 607 g/mol. The van der Waals surface area contributed by atoms with Crippen LogP contribution in [0.4, 0.5) is 0 Å². The van der Waals surface area contributed by atoms with E-state index in [9.17, 15) is 0 Å². The Bertz CT molecular complexity index is 99.0. The third-order valence-corrected chi connectivity index (χ3v) is 9.16. The zero-order valence-electron chi connectivity index (χ0n) is 14.1. The first-order chi connectivity index (χ1) is 8.83. The van der Waals surface area contributed by atoms with Gasteiger partial charge >= 0.3 is 139 Å². The molecule has 0 aromatic heterocycles. The molecule has 0 unspecified atom stereocenters. The Morgan fingerprint density at radius 2 is 0.650 bits per heavy atom. The molecule has 0 spiro atoms. The monoisotopic (exact) mass is 648 g/mol. The van der Waals surface area contributed by atoms with Gasteiger partial charge in [0.2, 0.25) is 0 Å². The van der Waals surface area contributed by atoms with E-state index in [1.807, 2.05) is 0 Å². The van der Waals surface area contributed by atoms with E-state index in [4.69, 9.17) is 0 Å². The van der Waals surface area contributed by atoms with Gasteiger partial charge in [-0.1, -0.05) is 0 Å². The number of unbranched alkanes of at least 4 members (excludes halogenated alkanes) is 4. The summed E-state index contributed by atoms with van der Waals surface area (Å²) in [7, 11) is 0. The van der Waals surface area contributed by atoms with E-state index >= 15 is 0 Å². The molecule has 0 aromatic carbocycles.